The molecular weight excluding hydrogens is 349 g/mol. The van der Waals surface area contributed by atoms with Crippen molar-refractivity contribution in [3.05, 3.63) is 40.5 Å². The zero-order valence-electron chi connectivity index (χ0n) is 12.9. The molecule has 2 rings (SSSR count). The Hall–Kier alpha value is -2.03. The number of allylic oxidation sites excluding steroid dienone is 1. The Morgan fingerprint density at radius 2 is 1.92 bits per heavy atom. The van der Waals surface area contributed by atoms with Crippen LogP contribution in [0.4, 0.5) is 13.2 Å². The van der Waals surface area contributed by atoms with Crippen LogP contribution in [-0.2, 0) is 25.5 Å². The minimum absolute atomic E-state index is 0.227. The van der Waals surface area contributed by atoms with Crippen molar-refractivity contribution in [3.8, 4) is 0 Å². The van der Waals surface area contributed by atoms with E-state index in [0.29, 0.717) is 30.4 Å². The number of fused-ring (bicyclic) bond motifs is 1. The van der Waals surface area contributed by atoms with E-state index in [1.54, 1.807) is 6.92 Å². The topological polar surface area (TPSA) is 69.7 Å². The van der Waals surface area contributed by atoms with E-state index in [0.717, 1.165) is 0 Å². The Balaban J connectivity index is 2.51. The van der Waals surface area contributed by atoms with Gasteiger partial charge in [-0.1, -0.05) is 0 Å². The van der Waals surface area contributed by atoms with Crippen LogP contribution in [-0.4, -0.2) is 27.0 Å². The molecule has 0 spiro atoms. The number of esters is 1. The average molecular weight is 364 g/mol. The summed E-state index contributed by atoms with van der Waals surface area (Å²) in [5.41, 5.74) is -4.04. The third-order valence-corrected chi connectivity index (χ3v) is 4.55. The molecule has 0 amide bonds. The first-order valence-electron chi connectivity index (χ1n) is 7.00. The van der Waals surface area contributed by atoms with Crippen molar-refractivity contribution in [2.45, 2.75) is 31.7 Å². The van der Waals surface area contributed by atoms with Gasteiger partial charge in [0.1, 0.15) is 5.76 Å². The molecule has 0 unspecified atom stereocenters. The summed E-state index contributed by atoms with van der Waals surface area (Å²) in [6.07, 6.45) is 2.71. The van der Waals surface area contributed by atoms with Crippen LogP contribution in [0.3, 0.4) is 0 Å². The van der Waals surface area contributed by atoms with Gasteiger partial charge in [0.15, 0.2) is 0 Å². The summed E-state index contributed by atoms with van der Waals surface area (Å²) in [6, 6.07) is 2.93. The second kappa shape index (κ2) is 6.46. The predicted octanol–water partition coefficient (Wildman–Crippen LogP) is 3.33. The normalized spacial score (nSPS) is 15.1. The highest BCUT2D eigenvalue weighted by Gasteiger charge is 2.49. The molecule has 0 saturated heterocycles. The Morgan fingerprint density at radius 3 is 2.50 bits per heavy atom. The van der Waals surface area contributed by atoms with E-state index in [1.807, 2.05) is 0 Å². The van der Waals surface area contributed by atoms with Crippen molar-refractivity contribution in [1.29, 1.82) is 0 Å². The van der Waals surface area contributed by atoms with Crippen molar-refractivity contribution in [1.82, 2.24) is 0 Å². The molecule has 24 heavy (non-hydrogen) atoms. The molecule has 0 fully saturated rings. The highest BCUT2D eigenvalue weighted by atomic mass is 32.2. The molecule has 0 heterocycles. The molecule has 0 bridgehead atoms. The SMILES string of the molecule is COC(=O)c1cc2c(cc1C)C(OS(=O)(=O)C(F)(F)F)=CCCC2. The van der Waals surface area contributed by atoms with E-state index in [4.69, 9.17) is 0 Å². The van der Waals surface area contributed by atoms with Crippen LogP contribution in [0.5, 0.6) is 0 Å². The molecule has 0 aromatic heterocycles. The second-order valence-electron chi connectivity index (χ2n) is 5.26. The van der Waals surface area contributed by atoms with E-state index in [-0.39, 0.29) is 16.9 Å². The first kappa shape index (κ1) is 18.3. The van der Waals surface area contributed by atoms with Crippen LogP contribution in [0, 0.1) is 6.92 Å². The maximum atomic E-state index is 12.6. The minimum Gasteiger partial charge on any atom is -0.465 e. The first-order chi connectivity index (χ1) is 11.1. The largest absolute Gasteiger partial charge is 0.534 e. The van der Waals surface area contributed by atoms with Crippen LogP contribution in [0.2, 0.25) is 0 Å². The van der Waals surface area contributed by atoms with Crippen LogP contribution in [0.25, 0.3) is 5.76 Å². The molecule has 132 valence electrons. The van der Waals surface area contributed by atoms with Crippen LogP contribution >= 0.6 is 0 Å². The maximum absolute atomic E-state index is 12.6. The molecule has 9 heteroatoms. The predicted molar refractivity (Wildman–Crippen MR) is 79.5 cm³/mol. The highest BCUT2D eigenvalue weighted by molar-refractivity contribution is 7.87. The average Bonchev–Trinajstić information content (AvgIpc) is 2.66. The molecule has 0 aliphatic heterocycles. The molecule has 1 aliphatic carbocycles. The third-order valence-electron chi connectivity index (χ3n) is 3.58. The fraction of sp³-hybridized carbons (Fsp3) is 0.400. The van der Waals surface area contributed by atoms with Crippen LogP contribution in [0.15, 0.2) is 18.2 Å². The number of benzene rings is 1. The molecule has 0 atom stereocenters. The van der Waals surface area contributed by atoms with Gasteiger partial charge in [-0.2, -0.15) is 21.6 Å². The molecule has 1 aromatic rings. The molecular formula is C15H15F3O5S. The summed E-state index contributed by atoms with van der Waals surface area (Å²) in [7, 11) is -4.54. The summed E-state index contributed by atoms with van der Waals surface area (Å²) in [4.78, 5) is 11.7. The summed E-state index contributed by atoms with van der Waals surface area (Å²) < 4.78 is 69.2. The number of carbonyl (C=O) groups is 1. The number of alkyl halides is 3. The van der Waals surface area contributed by atoms with Crippen molar-refractivity contribution in [2.24, 2.45) is 0 Å². The Morgan fingerprint density at radius 1 is 1.25 bits per heavy atom. The van der Waals surface area contributed by atoms with E-state index >= 15 is 0 Å². The monoisotopic (exact) mass is 364 g/mol. The highest BCUT2D eigenvalue weighted by Crippen LogP contribution is 2.34. The van der Waals surface area contributed by atoms with Gasteiger partial charge in [0.05, 0.1) is 12.7 Å². The zero-order valence-corrected chi connectivity index (χ0v) is 13.8. The summed E-state index contributed by atoms with van der Waals surface area (Å²) in [6.45, 7) is 1.58. The van der Waals surface area contributed by atoms with Crippen molar-refractivity contribution >= 4 is 21.8 Å². The van der Waals surface area contributed by atoms with E-state index in [1.165, 1.54) is 25.3 Å². The molecule has 0 radical (unpaired) electrons. The van der Waals surface area contributed by atoms with Crippen LogP contribution < -0.4 is 0 Å². The van der Waals surface area contributed by atoms with Gasteiger partial charge < -0.3 is 8.92 Å². The fourth-order valence-electron chi connectivity index (χ4n) is 2.40. The van der Waals surface area contributed by atoms with Gasteiger partial charge >= 0.3 is 21.6 Å². The smallest absolute Gasteiger partial charge is 0.465 e. The van der Waals surface area contributed by atoms with Gasteiger partial charge in [0.2, 0.25) is 0 Å². The Kier molecular flexibility index (Phi) is 4.93. The summed E-state index contributed by atoms with van der Waals surface area (Å²) in [5, 5.41) is 0. The number of rotatable bonds is 3. The van der Waals surface area contributed by atoms with Gasteiger partial charge in [0.25, 0.3) is 0 Å². The lowest BCUT2D eigenvalue weighted by Gasteiger charge is -2.16. The van der Waals surface area contributed by atoms with Gasteiger partial charge in [0, 0.05) is 5.56 Å². The lowest BCUT2D eigenvalue weighted by atomic mass is 9.96. The van der Waals surface area contributed by atoms with Gasteiger partial charge in [-0.05, 0) is 55.5 Å². The number of halogens is 3. The number of ether oxygens (including phenoxy) is 1. The number of carbonyl (C=O) groups excluding carboxylic acids is 1. The molecule has 0 N–H and O–H groups in total. The van der Waals surface area contributed by atoms with Gasteiger partial charge in [-0.25, -0.2) is 4.79 Å². The molecule has 0 saturated carbocycles. The summed E-state index contributed by atoms with van der Waals surface area (Å²) >= 11 is 0. The maximum Gasteiger partial charge on any atom is 0.534 e. The molecule has 1 aromatic carbocycles. The van der Waals surface area contributed by atoms with Crippen LogP contribution in [0.1, 0.15) is 39.9 Å². The summed E-state index contributed by atoms with van der Waals surface area (Å²) in [5.74, 6) is -0.951. The van der Waals surface area contributed by atoms with E-state index in [2.05, 4.69) is 8.92 Å². The Bertz CT molecular complexity index is 794. The lowest BCUT2D eigenvalue weighted by Crippen LogP contribution is -2.25. The quantitative estimate of drug-likeness (QED) is 0.467. The third kappa shape index (κ3) is 3.55. The number of methoxy groups -OCH3 is 1. The van der Waals surface area contributed by atoms with Crippen molar-refractivity contribution in [2.75, 3.05) is 7.11 Å². The van der Waals surface area contributed by atoms with Gasteiger partial charge in [-0.15, -0.1) is 0 Å². The standard InChI is InChI=1S/C15H15F3O5S/c1-9-7-12-10(8-11(9)14(19)22-2)5-3-4-6-13(12)23-24(20,21)15(16,17)18/h6-8H,3-5H2,1-2H3. The minimum atomic E-state index is -5.76. The second-order valence-corrected chi connectivity index (χ2v) is 6.80. The number of hydrogen-bond acceptors (Lipinski definition) is 5. The van der Waals surface area contributed by atoms with Crippen molar-refractivity contribution < 1.29 is 35.3 Å². The van der Waals surface area contributed by atoms with E-state index in [9.17, 15) is 26.4 Å². The number of aryl methyl sites for hydroxylation is 2. The molecule has 1 aliphatic rings. The molecule has 5 nitrogen and oxygen atoms in total. The van der Waals surface area contributed by atoms with Crippen molar-refractivity contribution in [3.63, 3.8) is 0 Å². The lowest BCUT2D eigenvalue weighted by molar-refractivity contribution is -0.0509. The first-order valence-corrected chi connectivity index (χ1v) is 8.41. The Labute approximate surface area is 137 Å². The van der Waals surface area contributed by atoms with E-state index < -0.39 is 21.6 Å². The number of hydrogen-bond donors (Lipinski definition) is 0. The fourth-order valence-corrected chi connectivity index (χ4v) is 2.89. The zero-order chi connectivity index (χ0) is 18.1. The van der Waals surface area contributed by atoms with Gasteiger partial charge in [-0.3, -0.25) is 0 Å².